The van der Waals surface area contributed by atoms with Gasteiger partial charge in [0.25, 0.3) is 0 Å². The van der Waals surface area contributed by atoms with E-state index in [1.807, 2.05) is 138 Å². The minimum absolute atomic E-state index is 0.000533. The van der Waals surface area contributed by atoms with Crippen LogP contribution < -0.4 is 15.0 Å². The van der Waals surface area contributed by atoms with Crippen molar-refractivity contribution >= 4 is 29.5 Å². The van der Waals surface area contributed by atoms with E-state index in [9.17, 15) is 5.11 Å². The van der Waals surface area contributed by atoms with Crippen LogP contribution in [0.25, 0.3) is 0 Å². The molecule has 4 aliphatic rings. The number of esters is 1. The number of nitrogens with zero attached hydrogens (tertiary/aromatic N) is 3. The van der Waals surface area contributed by atoms with Crippen LogP contribution in [0.15, 0.2) is 158 Å². The van der Waals surface area contributed by atoms with Crippen LogP contribution in [-0.4, -0.2) is 65.0 Å². The summed E-state index contributed by atoms with van der Waals surface area (Å²) in [6, 6.07) is 43.8. The van der Waals surface area contributed by atoms with Crippen molar-refractivity contribution in [2.75, 3.05) is 25.1 Å². The Labute approximate surface area is 402 Å². The van der Waals surface area contributed by atoms with Gasteiger partial charge in [0.05, 0.1) is 36.8 Å². The Hall–Kier alpha value is -7.68. The third kappa shape index (κ3) is 8.19. The Balaban J connectivity index is 1.25. The molecule has 348 valence electrons. The normalized spacial score (nSPS) is 23.7. The summed E-state index contributed by atoms with van der Waals surface area (Å²) in [7, 11) is 1.60. The SMILES string of the molecule is COc1ccc(C#Cc2ccc3c(c2)C2(C(=O)N3C(=O)NC(C)c3ccccc3)C(C(=O)N3CCCCCCC3)C3C(=O)OC(c4ccccc4)C(c4ccccc4)N3C2c2ccc(O)cc2)cc1. The first-order valence-electron chi connectivity index (χ1n) is 23.8. The van der Waals surface area contributed by atoms with Gasteiger partial charge in [-0.2, -0.15) is 0 Å². The number of urea groups is 1. The summed E-state index contributed by atoms with van der Waals surface area (Å²) in [5, 5.41) is 13.9. The zero-order valence-corrected chi connectivity index (χ0v) is 38.7. The Morgan fingerprint density at radius 1 is 0.710 bits per heavy atom. The Kier molecular flexibility index (Phi) is 12.5. The number of carbonyl (C=O) groups is 4. The van der Waals surface area contributed by atoms with Crippen LogP contribution in [0.2, 0.25) is 0 Å². The number of benzene rings is 6. The zero-order valence-electron chi connectivity index (χ0n) is 38.7. The monoisotopic (exact) mass is 918 g/mol. The molecule has 3 fully saturated rings. The van der Waals surface area contributed by atoms with Gasteiger partial charge in [-0.25, -0.2) is 9.69 Å². The Morgan fingerprint density at radius 3 is 1.96 bits per heavy atom. The molecule has 1 spiro atoms. The van der Waals surface area contributed by atoms with Crippen molar-refractivity contribution in [3.05, 3.63) is 197 Å². The lowest BCUT2D eigenvalue weighted by Gasteiger charge is -2.46. The molecular formula is C58H54N4O7. The summed E-state index contributed by atoms with van der Waals surface area (Å²) >= 11 is 0. The highest BCUT2D eigenvalue weighted by atomic mass is 16.6. The van der Waals surface area contributed by atoms with Gasteiger partial charge in [0, 0.05) is 24.2 Å². The zero-order chi connectivity index (χ0) is 47.6. The van der Waals surface area contributed by atoms with Gasteiger partial charge in [-0.3, -0.25) is 19.3 Å². The van der Waals surface area contributed by atoms with E-state index in [-0.39, 0.29) is 17.3 Å². The first-order valence-corrected chi connectivity index (χ1v) is 23.8. The smallest absolute Gasteiger partial charge is 0.329 e. The molecular weight excluding hydrogens is 865 g/mol. The van der Waals surface area contributed by atoms with Gasteiger partial charge < -0.3 is 24.8 Å². The van der Waals surface area contributed by atoms with E-state index in [0.717, 1.165) is 54.4 Å². The van der Waals surface area contributed by atoms with Crippen molar-refractivity contribution in [2.45, 2.75) is 74.7 Å². The molecule has 6 aromatic carbocycles. The Morgan fingerprint density at radius 2 is 1.30 bits per heavy atom. The molecule has 4 heterocycles. The van der Waals surface area contributed by atoms with E-state index < -0.39 is 59.5 Å². The van der Waals surface area contributed by atoms with Crippen molar-refractivity contribution in [1.82, 2.24) is 15.1 Å². The van der Waals surface area contributed by atoms with E-state index in [2.05, 4.69) is 17.2 Å². The number of phenolic OH excluding ortho intramolecular Hbond substituents is 1. The number of aromatic hydroxyl groups is 1. The average molecular weight is 919 g/mol. The third-order valence-corrected chi connectivity index (χ3v) is 14.4. The summed E-state index contributed by atoms with van der Waals surface area (Å²) in [5.74, 6) is 4.22. The van der Waals surface area contributed by atoms with Crippen molar-refractivity contribution in [1.29, 1.82) is 0 Å². The first kappa shape index (κ1) is 45.1. The number of amides is 4. The molecule has 0 radical (unpaired) electrons. The molecule has 2 N–H and O–H groups in total. The predicted molar refractivity (Wildman–Crippen MR) is 262 cm³/mol. The number of hydrogen-bond donors (Lipinski definition) is 2. The van der Waals surface area contributed by atoms with Gasteiger partial charge in [0.15, 0.2) is 0 Å². The number of morpholine rings is 1. The minimum atomic E-state index is -1.93. The molecule has 0 aliphatic carbocycles. The molecule has 0 saturated carbocycles. The summed E-state index contributed by atoms with van der Waals surface area (Å²) < 4.78 is 12.1. The van der Waals surface area contributed by atoms with Gasteiger partial charge >= 0.3 is 12.0 Å². The molecule has 6 aromatic rings. The Bertz CT molecular complexity index is 2910. The quantitative estimate of drug-likeness (QED) is 0.120. The van der Waals surface area contributed by atoms with Crippen molar-refractivity contribution in [3.8, 4) is 23.3 Å². The topological polar surface area (TPSA) is 129 Å². The summed E-state index contributed by atoms with van der Waals surface area (Å²) in [6.45, 7) is 2.74. The highest BCUT2D eigenvalue weighted by molar-refractivity contribution is 6.24. The third-order valence-electron chi connectivity index (χ3n) is 14.4. The minimum Gasteiger partial charge on any atom is -0.508 e. The number of fused-ring (bicyclic) bond motifs is 3. The molecule has 3 saturated heterocycles. The highest BCUT2D eigenvalue weighted by Gasteiger charge is 2.76. The molecule has 10 rings (SSSR count). The van der Waals surface area contributed by atoms with Crippen LogP contribution in [0, 0.1) is 17.8 Å². The van der Waals surface area contributed by atoms with Gasteiger partial charge in [-0.05, 0) is 102 Å². The average Bonchev–Trinajstić information content (AvgIpc) is 3.83. The fraction of sp³-hybridized carbons (Fsp3) is 0.276. The maximum Gasteiger partial charge on any atom is 0.329 e. The van der Waals surface area contributed by atoms with E-state index in [4.69, 9.17) is 9.47 Å². The number of nitrogens with one attached hydrogen (secondary N) is 1. The first-order chi connectivity index (χ1) is 33.7. The van der Waals surface area contributed by atoms with Gasteiger partial charge in [0.2, 0.25) is 11.8 Å². The maximum atomic E-state index is 16.7. The van der Waals surface area contributed by atoms with E-state index in [1.165, 1.54) is 4.90 Å². The molecule has 69 heavy (non-hydrogen) atoms. The summed E-state index contributed by atoms with van der Waals surface area (Å²) in [4.78, 5) is 68.7. The number of ether oxygens (including phenoxy) is 2. The number of cyclic esters (lactones) is 1. The number of likely N-dealkylation sites (tertiary alicyclic amines) is 1. The second kappa shape index (κ2) is 19.1. The van der Waals surface area contributed by atoms with Gasteiger partial charge in [0.1, 0.15) is 29.1 Å². The van der Waals surface area contributed by atoms with Crippen LogP contribution >= 0.6 is 0 Å². The summed E-state index contributed by atoms with van der Waals surface area (Å²) in [6.07, 6.45) is 3.58. The lowest BCUT2D eigenvalue weighted by atomic mass is 9.64. The van der Waals surface area contributed by atoms with E-state index in [1.54, 1.807) is 43.5 Å². The lowest BCUT2D eigenvalue weighted by molar-refractivity contribution is -0.179. The number of methoxy groups -OCH3 is 1. The van der Waals surface area contributed by atoms with Crippen molar-refractivity contribution in [3.63, 3.8) is 0 Å². The molecule has 7 unspecified atom stereocenters. The van der Waals surface area contributed by atoms with Crippen LogP contribution in [0.1, 0.15) is 102 Å². The molecule has 7 atom stereocenters. The molecule has 11 heteroatoms. The number of anilines is 1. The number of carbonyl (C=O) groups excluding carboxylic acids is 4. The van der Waals surface area contributed by atoms with Gasteiger partial charge in [-0.15, -0.1) is 0 Å². The van der Waals surface area contributed by atoms with E-state index >= 15 is 19.2 Å². The fourth-order valence-electron chi connectivity index (χ4n) is 11.2. The van der Waals surface area contributed by atoms with Crippen LogP contribution in [0.5, 0.6) is 11.5 Å². The van der Waals surface area contributed by atoms with Crippen LogP contribution in [-0.2, 0) is 24.5 Å². The largest absolute Gasteiger partial charge is 0.508 e. The number of phenols is 1. The molecule has 4 amide bonds. The highest BCUT2D eigenvalue weighted by Crippen LogP contribution is 2.66. The second-order valence-electron chi connectivity index (χ2n) is 18.4. The number of rotatable bonds is 7. The molecule has 4 aliphatic heterocycles. The standard InChI is InChI=1S/C58H54N4O7/c1-38(41-17-9-6-10-18-41)59-57(67)61-48-34-27-40(24-23-39-25-32-46(68-2)33-26-39)37-47(48)58(56(61)66)49(54(64)60-35-15-4-3-5-16-36-60)51-55(65)69-52(43-21-13-8-14-22-43)50(42-19-11-7-12-20-42)62(51)53(58)44-28-30-45(63)31-29-44/h6-14,17-22,25-34,37-38,49-53,63H,3-5,15-16,35-36H2,1-2H3,(H,59,67). The predicted octanol–water partition coefficient (Wildman–Crippen LogP) is 9.73. The molecule has 0 aromatic heterocycles. The maximum absolute atomic E-state index is 16.7. The lowest BCUT2D eigenvalue weighted by Crippen LogP contribution is -2.57. The second-order valence-corrected chi connectivity index (χ2v) is 18.4. The number of imide groups is 1. The van der Waals surface area contributed by atoms with Gasteiger partial charge in [-0.1, -0.05) is 134 Å². The van der Waals surface area contributed by atoms with E-state index in [0.29, 0.717) is 35.5 Å². The summed E-state index contributed by atoms with van der Waals surface area (Å²) in [5.41, 5.74) is 2.95. The fourth-order valence-corrected chi connectivity index (χ4v) is 11.2. The van der Waals surface area contributed by atoms with Crippen LogP contribution in [0.3, 0.4) is 0 Å². The molecule has 0 bridgehead atoms. The van der Waals surface area contributed by atoms with Crippen molar-refractivity contribution < 1.29 is 33.8 Å². The number of hydrogen-bond acceptors (Lipinski definition) is 8. The van der Waals surface area contributed by atoms with Crippen molar-refractivity contribution in [2.24, 2.45) is 5.92 Å². The molecule has 11 nitrogen and oxygen atoms in total. The van der Waals surface area contributed by atoms with Crippen LogP contribution in [0.4, 0.5) is 10.5 Å².